The number of rotatable bonds is 8. The zero-order valence-electron chi connectivity index (χ0n) is 14.0. The molecule has 0 aromatic heterocycles. The molecule has 0 unspecified atom stereocenters. The Hall–Kier alpha value is -1.64. The van der Waals surface area contributed by atoms with E-state index in [1.54, 1.807) is 0 Å². The topological polar surface area (TPSA) is 15.3 Å². The zero-order valence-corrected chi connectivity index (χ0v) is 14.0. The minimum Gasteiger partial charge on any atom is -0.308 e. The van der Waals surface area contributed by atoms with Crippen molar-refractivity contribution in [3.63, 3.8) is 0 Å². The van der Waals surface area contributed by atoms with Crippen molar-refractivity contribution in [1.29, 1.82) is 0 Å². The lowest BCUT2D eigenvalue weighted by molar-refractivity contribution is 0.334. The highest BCUT2D eigenvalue weighted by molar-refractivity contribution is 5.23. The molecular weight excluding hydrogens is 268 g/mol. The quantitative estimate of drug-likeness (QED) is 0.802. The van der Waals surface area contributed by atoms with E-state index >= 15 is 0 Å². The minimum absolute atomic E-state index is 0.461. The molecule has 0 fully saturated rings. The average molecular weight is 296 g/mol. The number of benzene rings is 2. The predicted octanol–water partition coefficient (Wildman–Crippen LogP) is 3.51. The Labute approximate surface area is 135 Å². The maximum absolute atomic E-state index is 3.73. The molecule has 0 radical (unpaired) electrons. The molecule has 1 atom stereocenters. The molecule has 0 spiro atoms. The Morgan fingerprint density at radius 3 is 2.27 bits per heavy atom. The largest absolute Gasteiger partial charge is 0.308 e. The number of hydrogen-bond donors (Lipinski definition) is 1. The van der Waals surface area contributed by atoms with Crippen LogP contribution in [0.25, 0.3) is 0 Å². The standard InChI is InChI=1S/C20H28N2/c1-4-17-11-8-12-19(13-17)15-21-20(16-22(2)3)14-18-9-6-5-7-10-18/h5-13,20-21H,4,14-16H2,1-3H3/t20-/m0/s1. The molecule has 2 aromatic rings. The van der Waals surface area contributed by atoms with Crippen LogP contribution in [-0.2, 0) is 19.4 Å². The maximum atomic E-state index is 3.73. The summed E-state index contributed by atoms with van der Waals surface area (Å²) in [6.45, 7) is 4.18. The molecule has 2 rings (SSSR count). The lowest BCUT2D eigenvalue weighted by Gasteiger charge is -2.23. The van der Waals surface area contributed by atoms with Crippen LogP contribution in [0.3, 0.4) is 0 Å². The SMILES string of the molecule is CCc1cccc(CN[C@@H](Cc2ccccc2)CN(C)C)c1. The van der Waals surface area contributed by atoms with Gasteiger partial charge >= 0.3 is 0 Å². The van der Waals surface area contributed by atoms with Gasteiger partial charge in [0.05, 0.1) is 0 Å². The van der Waals surface area contributed by atoms with Gasteiger partial charge in [0.25, 0.3) is 0 Å². The number of likely N-dealkylation sites (N-methyl/N-ethyl adjacent to an activating group) is 1. The molecule has 2 aromatic carbocycles. The van der Waals surface area contributed by atoms with Crippen molar-refractivity contribution in [2.24, 2.45) is 0 Å². The molecule has 2 heteroatoms. The summed E-state index contributed by atoms with van der Waals surface area (Å²) in [4.78, 5) is 2.25. The number of hydrogen-bond acceptors (Lipinski definition) is 2. The van der Waals surface area contributed by atoms with Gasteiger partial charge in [-0.05, 0) is 43.6 Å². The minimum atomic E-state index is 0.461. The molecule has 0 bridgehead atoms. The lowest BCUT2D eigenvalue weighted by atomic mass is 10.0. The fraction of sp³-hybridized carbons (Fsp3) is 0.400. The van der Waals surface area contributed by atoms with E-state index in [4.69, 9.17) is 0 Å². The summed E-state index contributed by atoms with van der Waals surface area (Å²) in [5.74, 6) is 0. The first-order valence-corrected chi connectivity index (χ1v) is 8.17. The summed E-state index contributed by atoms with van der Waals surface area (Å²) in [5, 5.41) is 3.73. The smallest absolute Gasteiger partial charge is 0.0238 e. The third-order valence-electron chi connectivity index (χ3n) is 3.90. The van der Waals surface area contributed by atoms with E-state index in [1.165, 1.54) is 16.7 Å². The van der Waals surface area contributed by atoms with Gasteiger partial charge in [0.2, 0.25) is 0 Å². The van der Waals surface area contributed by atoms with E-state index in [0.717, 1.165) is 25.9 Å². The van der Waals surface area contributed by atoms with Gasteiger partial charge < -0.3 is 10.2 Å². The summed E-state index contributed by atoms with van der Waals surface area (Å²) in [7, 11) is 4.27. The number of nitrogens with one attached hydrogen (secondary N) is 1. The molecule has 0 saturated carbocycles. The molecule has 0 amide bonds. The molecule has 22 heavy (non-hydrogen) atoms. The van der Waals surface area contributed by atoms with Crippen LogP contribution in [0, 0.1) is 0 Å². The van der Waals surface area contributed by atoms with Gasteiger partial charge in [0.15, 0.2) is 0 Å². The van der Waals surface area contributed by atoms with Gasteiger partial charge in [-0.25, -0.2) is 0 Å². The molecule has 2 nitrogen and oxygen atoms in total. The summed E-state index contributed by atoms with van der Waals surface area (Å²) < 4.78 is 0. The monoisotopic (exact) mass is 296 g/mol. The molecular formula is C20H28N2. The van der Waals surface area contributed by atoms with E-state index in [9.17, 15) is 0 Å². The van der Waals surface area contributed by atoms with Crippen LogP contribution < -0.4 is 5.32 Å². The Balaban J connectivity index is 1.97. The first-order valence-electron chi connectivity index (χ1n) is 8.17. The second kappa shape index (κ2) is 8.72. The Kier molecular flexibility index (Phi) is 6.63. The van der Waals surface area contributed by atoms with Crippen LogP contribution in [0.15, 0.2) is 54.6 Å². The lowest BCUT2D eigenvalue weighted by Crippen LogP contribution is -2.39. The summed E-state index contributed by atoms with van der Waals surface area (Å²) in [6.07, 6.45) is 2.16. The highest BCUT2D eigenvalue weighted by Gasteiger charge is 2.10. The molecule has 118 valence electrons. The first-order chi connectivity index (χ1) is 10.7. The average Bonchev–Trinajstić information content (AvgIpc) is 2.53. The maximum Gasteiger partial charge on any atom is 0.0238 e. The van der Waals surface area contributed by atoms with Crippen molar-refractivity contribution in [3.8, 4) is 0 Å². The number of aryl methyl sites for hydroxylation is 1. The molecule has 0 saturated heterocycles. The Bertz CT molecular complexity index is 549. The first kappa shape index (κ1) is 16.7. The second-order valence-corrected chi connectivity index (χ2v) is 6.20. The molecule has 1 N–H and O–H groups in total. The van der Waals surface area contributed by atoms with E-state index in [1.807, 2.05) is 0 Å². The van der Waals surface area contributed by atoms with Crippen molar-refractivity contribution < 1.29 is 0 Å². The van der Waals surface area contributed by atoms with Crippen LogP contribution in [0.1, 0.15) is 23.6 Å². The van der Waals surface area contributed by atoms with Crippen LogP contribution in [0.4, 0.5) is 0 Å². The van der Waals surface area contributed by atoms with Gasteiger partial charge in [-0.1, -0.05) is 61.5 Å². The van der Waals surface area contributed by atoms with Gasteiger partial charge in [0, 0.05) is 19.1 Å². The molecule has 0 aliphatic rings. The van der Waals surface area contributed by atoms with Crippen molar-refractivity contribution in [2.45, 2.75) is 32.4 Å². The molecule has 0 heterocycles. The highest BCUT2D eigenvalue weighted by Crippen LogP contribution is 2.08. The third kappa shape index (κ3) is 5.63. The zero-order chi connectivity index (χ0) is 15.8. The van der Waals surface area contributed by atoms with Crippen molar-refractivity contribution in [2.75, 3.05) is 20.6 Å². The Morgan fingerprint density at radius 1 is 0.909 bits per heavy atom. The van der Waals surface area contributed by atoms with Gasteiger partial charge in [-0.3, -0.25) is 0 Å². The van der Waals surface area contributed by atoms with Crippen molar-refractivity contribution in [1.82, 2.24) is 10.2 Å². The summed E-state index contributed by atoms with van der Waals surface area (Å²) >= 11 is 0. The summed E-state index contributed by atoms with van der Waals surface area (Å²) in [6, 6.07) is 20.1. The van der Waals surface area contributed by atoms with E-state index in [-0.39, 0.29) is 0 Å². The molecule has 0 aliphatic heterocycles. The Morgan fingerprint density at radius 2 is 1.59 bits per heavy atom. The fourth-order valence-electron chi connectivity index (χ4n) is 2.76. The van der Waals surface area contributed by atoms with E-state index in [2.05, 4.69) is 85.8 Å². The van der Waals surface area contributed by atoms with E-state index in [0.29, 0.717) is 6.04 Å². The van der Waals surface area contributed by atoms with Crippen molar-refractivity contribution >= 4 is 0 Å². The third-order valence-corrected chi connectivity index (χ3v) is 3.90. The normalized spacial score (nSPS) is 12.5. The highest BCUT2D eigenvalue weighted by atomic mass is 15.1. The fourth-order valence-corrected chi connectivity index (χ4v) is 2.76. The number of nitrogens with zero attached hydrogens (tertiary/aromatic N) is 1. The molecule has 0 aliphatic carbocycles. The second-order valence-electron chi connectivity index (χ2n) is 6.20. The van der Waals surface area contributed by atoms with Gasteiger partial charge in [0.1, 0.15) is 0 Å². The predicted molar refractivity (Wildman–Crippen MR) is 95.1 cm³/mol. The van der Waals surface area contributed by atoms with Crippen molar-refractivity contribution in [3.05, 3.63) is 71.3 Å². The van der Waals surface area contributed by atoms with Crippen LogP contribution in [-0.4, -0.2) is 31.6 Å². The summed E-state index contributed by atoms with van der Waals surface area (Å²) in [5.41, 5.74) is 4.17. The van der Waals surface area contributed by atoms with Crippen LogP contribution in [0.5, 0.6) is 0 Å². The van der Waals surface area contributed by atoms with Crippen LogP contribution >= 0.6 is 0 Å². The van der Waals surface area contributed by atoms with Crippen LogP contribution in [0.2, 0.25) is 0 Å². The van der Waals surface area contributed by atoms with Gasteiger partial charge in [-0.15, -0.1) is 0 Å². The van der Waals surface area contributed by atoms with Gasteiger partial charge in [-0.2, -0.15) is 0 Å². The van der Waals surface area contributed by atoms with E-state index < -0.39 is 0 Å².